The third kappa shape index (κ3) is 4.50. The summed E-state index contributed by atoms with van der Waals surface area (Å²) in [7, 11) is 0.536. The lowest BCUT2D eigenvalue weighted by molar-refractivity contribution is 0.411. The number of methoxy groups -OCH3 is 2. The highest BCUT2D eigenvalue weighted by molar-refractivity contribution is 7.95. The van der Waals surface area contributed by atoms with E-state index in [4.69, 9.17) is 24.4 Å². The van der Waals surface area contributed by atoms with Crippen molar-refractivity contribution >= 4 is 21.5 Å². The Balaban J connectivity index is 1.73. The van der Waals surface area contributed by atoms with E-state index in [1.807, 2.05) is 61.5 Å². The fourth-order valence-electron chi connectivity index (χ4n) is 5.07. The molecular formula is C31H30N2O4S. The molecule has 0 saturated heterocycles. The van der Waals surface area contributed by atoms with E-state index in [1.165, 1.54) is 6.26 Å². The topological polar surface area (TPSA) is 83.1 Å². The second-order valence-electron chi connectivity index (χ2n) is 9.42. The van der Waals surface area contributed by atoms with Gasteiger partial charge < -0.3 is 19.4 Å². The summed E-state index contributed by atoms with van der Waals surface area (Å²) in [6, 6.07) is 27.8. The molecular weight excluding hydrogens is 496 g/mol. The van der Waals surface area contributed by atoms with Crippen molar-refractivity contribution < 1.29 is 17.9 Å². The maximum Gasteiger partial charge on any atom is 0.143 e. The highest BCUT2D eigenvalue weighted by Gasteiger charge is 2.43. The van der Waals surface area contributed by atoms with Crippen LogP contribution in [0.25, 0.3) is 11.1 Å². The van der Waals surface area contributed by atoms with Crippen LogP contribution in [-0.4, -0.2) is 36.4 Å². The van der Waals surface area contributed by atoms with E-state index >= 15 is 0 Å². The first kappa shape index (κ1) is 25.4. The number of hydrogen-bond donors (Lipinski definition) is 1. The van der Waals surface area contributed by atoms with Gasteiger partial charge in [-0.2, -0.15) is 0 Å². The molecule has 0 amide bonds. The van der Waals surface area contributed by atoms with Gasteiger partial charge in [-0.05, 0) is 76.5 Å². The number of rotatable bonds is 7. The van der Waals surface area contributed by atoms with Gasteiger partial charge in [-0.15, -0.1) is 0 Å². The third-order valence-corrected chi connectivity index (χ3v) is 7.24. The summed E-state index contributed by atoms with van der Waals surface area (Å²) in [5.41, 5.74) is 12.3. The molecule has 1 aliphatic rings. The van der Waals surface area contributed by atoms with Gasteiger partial charge in [0.05, 0.1) is 14.2 Å². The van der Waals surface area contributed by atoms with E-state index in [0.717, 1.165) is 44.7 Å². The van der Waals surface area contributed by atoms with Gasteiger partial charge in [0, 0.05) is 17.9 Å². The van der Waals surface area contributed by atoms with Crippen molar-refractivity contribution in [2.75, 3.05) is 20.5 Å². The molecule has 1 aliphatic heterocycles. The molecule has 1 heterocycles. The van der Waals surface area contributed by atoms with Gasteiger partial charge in [-0.1, -0.05) is 48.5 Å². The number of benzene rings is 4. The minimum absolute atomic E-state index is 0.418. The molecule has 0 radical (unpaired) electrons. The molecule has 2 atom stereocenters. The summed E-state index contributed by atoms with van der Waals surface area (Å²) in [6.07, 6.45) is 1.45. The maximum atomic E-state index is 12.2. The Kier molecular flexibility index (Phi) is 6.41. The van der Waals surface area contributed by atoms with E-state index in [9.17, 15) is 4.21 Å². The minimum Gasteiger partial charge on any atom is -0.497 e. The van der Waals surface area contributed by atoms with Crippen molar-refractivity contribution in [3.8, 4) is 28.4 Å². The molecule has 5 rings (SSSR count). The first-order chi connectivity index (χ1) is 18.1. The number of aryl methyl sites for hydroxylation is 1. The number of hydrogen-bond acceptors (Lipinski definition) is 6. The standard InChI is InChI=1S/C31H30N2O4S/c1-20-15-24(13-14-29(20)36-3)31(28-12-7-6-11-27(28)30(32)33-31)23-10-8-9-21(16-23)22-17-25(35-2)19-26(18-22)37-38(4,5)34/h6-19H,4H2,1-3,5H3,(H2,32,33). The first-order valence-corrected chi connectivity index (χ1v) is 14.1. The quantitative estimate of drug-likeness (QED) is 0.329. The Morgan fingerprint density at radius 3 is 2.29 bits per heavy atom. The van der Waals surface area contributed by atoms with Crippen LogP contribution in [0.3, 0.4) is 0 Å². The molecule has 6 nitrogen and oxygen atoms in total. The Bertz CT molecular complexity index is 1680. The largest absolute Gasteiger partial charge is 0.497 e. The summed E-state index contributed by atoms with van der Waals surface area (Å²) in [5, 5.41) is 0. The average Bonchev–Trinajstić information content (AvgIpc) is 3.21. The van der Waals surface area contributed by atoms with Crippen LogP contribution in [0.2, 0.25) is 0 Å². The highest BCUT2D eigenvalue weighted by Crippen LogP contribution is 2.47. The lowest BCUT2D eigenvalue weighted by Gasteiger charge is -2.30. The molecule has 0 spiro atoms. The monoisotopic (exact) mass is 526 g/mol. The second kappa shape index (κ2) is 9.58. The first-order valence-electron chi connectivity index (χ1n) is 12.1. The SMILES string of the molecule is C=S(C)(=O)Oc1cc(OC)cc(-c2cccc(C3(c4ccc(OC)c(C)c4)N=C(N)c4ccccc43)c2)c1. The molecule has 7 heteroatoms. The zero-order chi connectivity index (χ0) is 27.1. The van der Waals surface area contributed by atoms with Crippen LogP contribution in [0.5, 0.6) is 17.2 Å². The van der Waals surface area contributed by atoms with Crippen LogP contribution >= 0.6 is 0 Å². The molecule has 0 bridgehead atoms. The van der Waals surface area contributed by atoms with Gasteiger partial charge in [0.2, 0.25) is 0 Å². The lowest BCUT2D eigenvalue weighted by atomic mass is 9.76. The third-order valence-electron chi connectivity index (χ3n) is 6.70. The molecule has 0 aromatic heterocycles. The van der Waals surface area contributed by atoms with E-state index < -0.39 is 15.3 Å². The van der Waals surface area contributed by atoms with Gasteiger partial charge in [-0.25, -0.2) is 9.20 Å². The normalized spacial score (nSPS) is 17.7. The number of nitrogens with zero attached hydrogens (tertiary/aromatic N) is 1. The van der Waals surface area contributed by atoms with Crippen LogP contribution in [-0.2, 0) is 15.3 Å². The van der Waals surface area contributed by atoms with Crippen LogP contribution in [0.1, 0.15) is 27.8 Å². The molecule has 2 unspecified atom stereocenters. The van der Waals surface area contributed by atoms with Crippen LogP contribution in [0.4, 0.5) is 0 Å². The van der Waals surface area contributed by atoms with Gasteiger partial charge in [0.15, 0.2) is 0 Å². The van der Waals surface area contributed by atoms with Gasteiger partial charge in [0.25, 0.3) is 0 Å². The Morgan fingerprint density at radius 2 is 1.58 bits per heavy atom. The second-order valence-corrected chi connectivity index (χ2v) is 11.4. The summed E-state index contributed by atoms with van der Waals surface area (Å²) in [6.45, 7) is 2.02. The van der Waals surface area contributed by atoms with Crippen molar-refractivity contribution in [2.45, 2.75) is 12.5 Å². The molecule has 194 valence electrons. The summed E-state index contributed by atoms with van der Waals surface area (Å²) < 4.78 is 28.9. The van der Waals surface area contributed by atoms with Crippen LogP contribution in [0, 0.1) is 6.92 Å². The van der Waals surface area contributed by atoms with Gasteiger partial charge in [-0.3, -0.25) is 0 Å². The fourth-order valence-corrected chi connectivity index (χ4v) is 5.57. The fraction of sp³-hybridized carbons (Fsp3) is 0.161. The van der Waals surface area contributed by atoms with E-state index in [1.54, 1.807) is 20.3 Å². The van der Waals surface area contributed by atoms with Crippen molar-refractivity contribution in [2.24, 2.45) is 10.7 Å². The predicted molar refractivity (Wildman–Crippen MR) is 155 cm³/mol. The minimum atomic E-state index is -2.72. The van der Waals surface area contributed by atoms with E-state index in [0.29, 0.717) is 17.3 Å². The number of ether oxygens (including phenoxy) is 2. The van der Waals surface area contributed by atoms with Crippen molar-refractivity contribution in [1.82, 2.24) is 0 Å². The molecule has 2 N–H and O–H groups in total. The smallest absolute Gasteiger partial charge is 0.143 e. The maximum absolute atomic E-state index is 12.2. The van der Waals surface area contributed by atoms with Gasteiger partial charge >= 0.3 is 0 Å². The zero-order valence-corrected chi connectivity index (χ0v) is 22.7. The Hall–Kier alpha value is -4.23. The number of aliphatic imine (C=N–C) groups is 1. The summed E-state index contributed by atoms with van der Waals surface area (Å²) in [5.74, 6) is 5.91. The molecule has 0 fully saturated rings. The Morgan fingerprint density at radius 1 is 0.842 bits per heavy atom. The van der Waals surface area contributed by atoms with Crippen molar-refractivity contribution in [1.29, 1.82) is 0 Å². The molecule has 38 heavy (non-hydrogen) atoms. The molecule has 4 aromatic rings. The summed E-state index contributed by atoms with van der Waals surface area (Å²) in [4.78, 5) is 5.12. The predicted octanol–water partition coefficient (Wildman–Crippen LogP) is 5.33. The van der Waals surface area contributed by atoms with Crippen LogP contribution < -0.4 is 19.4 Å². The molecule has 0 aliphatic carbocycles. The number of nitrogens with two attached hydrogens (primary N) is 1. The lowest BCUT2D eigenvalue weighted by Crippen LogP contribution is -2.25. The van der Waals surface area contributed by atoms with Crippen molar-refractivity contribution in [3.05, 3.63) is 113 Å². The van der Waals surface area contributed by atoms with Crippen LogP contribution in [0.15, 0.2) is 89.9 Å². The van der Waals surface area contributed by atoms with E-state index in [-0.39, 0.29) is 0 Å². The average molecular weight is 527 g/mol. The number of fused-ring (bicyclic) bond motifs is 1. The highest BCUT2D eigenvalue weighted by atomic mass is 32.2. The zero-order valence-electron chi connectivity index (χ0n) is 21.9. The number of amidine groups is 1. The van der Waals surface area contributed by atoms with Crippen molar-refractivity contribution in [3.63, 3.8) is 0 Å². The molecule has 4 aromatic carbocycles. The summed E-state index contributed by atoms with van der Waals surface area (Å²) >= 11 is 0. The Labute approximate surface area is 223 Å². The van der Waals surface area contributed by atoms with Gasteiger partial charge in [0.1, 0.15) is 38.4 Å². The van der Waals surface area contributed by atoms with E-state index in [2.05, 4.69) is 30.1 Å². The molecule has 0 saturated carbocycles.